The molecule has 0 fully saturated rings. The number of fused-ring (bicyclic) bond motifs is 1. The second-order valence-corrected chi connectivity index (χ2v) is 9.37. The summed E-state index contributed by atoms with van der Waals surface area (Å²) in [4.78, 5) is 20.9. The van der Waals surface area contributed by atoms with Crippen molar-refractivity contribution in [3.8, 4) is 5.69 Å². The molecule has 2 aromatic heterocycles. The lowest BCUT2D eigenvalue weighted by Crippen LogP contribution is -2.39. The fourth-order valence-corrected chi connectivity index (χ4v) is 5.42. The van der Waals surface area contributed by atoms with Gasteiger partial charge in [0.15, 0.2) is 5.16 Å². The normalized spacial score (nSPS) is 14.9. The number of hydrogen-bond acceptors (Lipinski definition) is 4. The lowest BCUT2D eigenvalue weighted by Gasteiger charge is -2.29. The minimum atomic E-state index is -0.169. The third-order valence-corrected chi connectivity index (χ3v) is 6.93. The van der Waals surface area contributed by atoms with Gasteiger partial charge in [0.05, 0.1) is 5.25 Å². The predicted octanol–water partition coefficient (Wildman–Crippen LogP) is 4.62. The molecule has 6 heteroatoms. The fraction of sp³-hybridized carbons (Fsp3) is 0.333. The number of carbonyl (C=O) groups is 1. The fourth-order valence-electron chi connectivity index (χ4n) is 3.57. The number of imidazole rings is 1. The molecule has 0 bridgehead atoms. The number of amides is 1. The van der Waals surface area contributed by atoms with E-state index in [2.05, 4.69) is 53.0 Å². The van der Waals surface area contributed by atoms with Crippen molar-refractivity contribution in [3.63, 3.8) is 0 Å². The molecular weight excluding hydrogens is 374 g/mol. The van der Waals surface area contributed by atoms with Crippen molar-refractivity contribution in [3.05, 3.63) is 63.6 Å². The molecular formula is C21H23N3OS2. The van der Waals surface area contributed by atoms with E-state index < -0.39 is 0 Å². The molecule has 1 aliphatic rings. The Labute approximate surface area is 168 Å². The molecule has 1 amide bonds. The van der Waals surface area contributed by atoms with Gasteiger partial charge in [0, 0.05) is 36.0 Å². The van der Waals surface area contributed by atoms with E-state index in [4.69, 9.17) is 0 Å². The van der Waals surface area contributed by atoms with Gasteiger partial charge in [-0.2, -0.15) is 0 Å². The predicted molar refractivity (Wildman–Crippen MR) is 112 cm³/mol. The highest BCUT2D eigenvalue weighted by Gasteiger charge is 2.27. The Morgan fingerprint density at radius 2 is 2.04 bits per heavy atom. The smallest absolute Gasteiger partial charge is 0.236 e. The number of rotatable bonds is 4. The quantitative estimate of drug-likeness (QED) is 0.603. The van der Waals surface area contributed by atoms with Crippen LogP contribution in [-0.4, -0.2) is 32.2 Å². The highest BCUT2D eigenvalue weighted by Crippen LogP contribution is 2.29. The van der Waals surface area contributed by atoms with Crippen LogP contribution < -0.4 is 0 Å². The Morgan fingerprint density at radius 3 is 2.81 bits per heavy atom. The maximum Gasteiger partial charge on any atom is 0.236 e. The molecule has 1 atom stereocenters. The van der Waals surface area contributed by atoms with Crippen molar-refractivity contribution >= 4 is 29.0 Å². The minimum absolute atomic E-state index is 0.169. The lowest BCUT2D eigenvalue weighted by atomic mass is 10.1. The number of benzene rings is 1. The second-order valence-electron chi connectivity index (χ2n) is 7.06. The molecule has 1 aliphatic heterocycles. The van der Waals surface area contributed by atoms with E-state index in [0.717, 1.165) is 30.4 Å². The molecule has 3 aromatic rings. The molecule has 27 heavy (non-hydrogen) atoms. The van der Waals surface area contributed by atoms with Crippen LogP contribution in [0.5, 0.6) is 0 Å². The zero-order valence-corrected chi connectivity index (χ0v) is 17.4. The van der Waals surface area contributed by atoms with Gasteiger partial charge in [0.2, 0.25) is 5.91 Å². The van der Waals surface area contributed by atoms with Crippen molar-refractivity contribution in [1.29, 1.82) is 0 Å². The van der Waals surface area contributed by atoms with Crippen LogP contribution in [0.1, 0.15) is 28.5 Å². The van der Waals surface area contributed by atoms with E-state index in [0.29, 0.717) is 0 Å². The Hall–Kier alpha value is -2.05. The second kappa shape index (κ2) is 7.52. The maximum absolute atomic E-state index is 13.0. The molecule has 0 spiro atoms. The van der Waals surface area contributed by atoms with Gasteiger partial charge in [0.1, 0.15) is 0 Å². The van der Waals surface area contributed by atoms with Gasteiger partial charge in [-0.25, -0.2) is 4.98 Å². The molecule has 140 valence electrons. The molecule has 3 heterocycles. The number of nitrogens with zero attached hydrogens (tertiary/aromatic N) is 3. The highest BCUT2D eigenvalue weighted by atomic mass is 32.2. The van der Waals surface area contributed by atoms with Crippen molar-refractivity contribution in [2.75, 3.05) is 6.54 Å². The first kappa shape index (κ1) is 18.3. The van der Waals surface area contributed by atoms with E-state index in [9.17, 15) is 4.79 Å². The summed E-state index contributed by atoms with van der Waals surface area (Å²) in [7, 11) is 0. The molecule has 0 saturated heterocycles. The molecule has 4 nitrogen and oxygen atoms in total. The average molecular weight is 398 g/mol. The van der Waals surface area contributed by atoms with Gasteiger partial charge in [-0.3, -0.25) is 9.36 Å². The zero-order valence-electron chi connectivity index (χ0n) is 15.8. The van der Waals surface area contributed by atoms with E-state index in [-0.39, 0.29) is 11.2 Å². The lowest BCUT2D eigenvalue weighted by molar-refractivity contribution is -0.131. The third-order valence-electron chi connectivity index (χ3n) is 4.84. The minimum Gasteiger partial charge on any atom is -0.337 e. The first-order chi connectivity index (χ1) is 13.0. The average Bonchev–Trinajstić information content (AvgIpc) is 3.28. The van der Waals surface area contributed by atoms with Crippen LogP contribution in [0.2, 0.25) is 0 Å². The Balaban J connectivity index is 1.50. The standard InChI is InChI=1S/C21H23N3OS2/c1-14-10-15(2)12-18(11-14)24-8-6-22-21(24)27-16(3)20(25)23-7-4-19-17(13-23)5-9-26-19/h5-6,8-12,16H,4,7,13H2,1-3H3. The van der Waals surface area contributed by atoms with Crippen LogP contribution in [0.4, 0.5) is 0 Å². The monoisotopic (exact) mass is 397 g/mol. The van der Waals surface area contributed by atoms with Gasteiger partial charge >= 0.3 is 0 Å². The van der Waals surface area contributed by atoms with Crippen LogP contribution in [0, 0.1) is 13.8 Å². The summed E-state index contributed by atoms with van der Waals surface area (Å²) < 4.78 is 2.07. The van der Waals surface area contributed by atoms with E-state index in [1.165, 1.54) is 33.3 Å². The molecule has 1 unspecified atom stereocenters. The molecule has 0 radical (unpaired) electrons. The number of carbonyl (C=O) groups excluding carboxylic acids is 1. The van der Waals surface area contributed by atoms with Gasteiger partial charge in [-0.1, -0.05) is 17.8 Å². The van der Waals surface area contributed by atoms with Gasteiger partial charge in [-0.05, 0) is 67.5 Å². The summed E-state index contributed by atoms with van der Waals surface area (Å²) in [6, 6.07) is 8.60. The largest absolute Gasteiger partial charge is 0.337 e. The molecule has 0 saturated carbocycles. The van der Waals surface area contributed by atoms with Gasteiger partial charge in [0.25, 0.3) is 0 Å². The van der Waals surface area contributed by atoms with Crippen LogP contribution in [0.25, 0.3) is 5.69 Å². The first-order valence-corrected chi connectivity index (χ1v) is 10.9. The van der Waals surface area contributed by atoms with Gasteiger partial charge in [-0.15, -0.1) is 11.3 Å². The van der Waals surface area contributed by atoms with E-state index in [1.807, 2.05) is 18.0 Å². The Morgan fingerprint density at radius 1 is 1.26 bits per heavy atom. The molecule has 0 aliphatic carbocycles. The number of aryl methyl sites for hydroxylation is 2. The molecule has 4 rings (SSSR count). The summed E-state index contributed by atoms with van der Waals surface area (Å²) in [5.41, 5.74) is 4.83. The van der Waals surface area contributed by atoms with E-state index >= 15 is 0 Å². The van der Waals surface area contributed by atoms with Crippen molar-refractivity contribution < 1.29 is 4.79 Å². The number of hydrogen-bond donors (Lipinski definition) is 0. The number of aromatic nitrogens is 2. The van der Waals surface area contributed by atoms with E-state index in [1.54, 1.807) is 17.5 Å². The van der Waals surface area contributed by atoms with Crippen molar-refractivity contribution in [2.24, 2.45) is 0 Å². The van der Waals surface area contributed by atoms with Gasteiger partial charge < -0.3 is 4.90 Å². The summed E-state index contributed by atoms with van der Waals surface area (Å²) in [6.45, 7) is 7.72. The highest BCUT2D eigenvalue weighted by molar-refractivity contribution is 8.00. The summed E-state index contributed by atoms with van der Waals surface area (Å²) in [6.07, 6.45) is 4.73. The van der Waals surface area contributed by atoms with Crippen molar-refractivity contribution in [1.82, 2.24) is 14.5 Å². The van der Waals surface area contributed by atoms with Crippen LogP contribution in [-0.2, 0) is 17.8 Å². The maximum atomic E-state index is 13.0. The first-order valence-electron chi connectivity index (χ1n) is 9.14. The summed E-state index contributed by atoms with van der Waals surface area (Å²) in [5.74, 6) is 0.187. The number of thioether (sulfide) groups is 1. The summed E-state index contributed by atoms with van der Waals surface area (Å²) >= 11 is 3.33. The SMILES string of the molecule is Cc1cc(C)cc(-n2ccnc2SC(C)C(=O)N2CCc3sccc3C2)c1. The molecule has 1 aromatic carbocycles. The Bertz CT molecular complexity index is 955. The molecule has 0 N–H and O–H groups in total. The van der Waals surface area contributed by atoms with Crippen molar-refractivity contribution in [2.45, 2.75) is 44.1 Å². The van der Waals surface area contributed by atoms with Crippen LogP contribution in [0.3, 0.4) is 0 Å². The Kier molecular flexibility index (Phi) is 5.10. The zero-order chi connectivity index (χ0) is 19.0. The van der Waals surface area contributed by atoms with Crippen LogP contribution >= 0.6 is 23.1 Å². The third kappa shape index (κ3) is 3.82. The topological polar surface area (TPSA) is 38.1 Å². The summed E-state index contributed by atoms with van der Waals surface area (Å²) in [5, 5.41) is 2.81. The van der Waals surface area contributed by atoms with Crippen LogP contribution in [0.15, 0.2) is 47.2 Å². The number of thiophene rings is 1.